The van der Waals surface area contributed by atoms with E-state index in [1.54, 1.807) is 38.2 Å². The van der Waals surface area contributed by atoms with Gasteiger partial charge in [0.05, 0.1) is 34.0 Å². The van der Waals surface area contributed by atoms with Gasteiger partial charge in [0.1, 0.15) is 11.6 Å². The summed E-state index contributed by atoms with van der Waals surface area (Å²) < 4.78 is 40.7. The number of aromatic nitrogens is 3. The van der Waals surface area contributed by atoms with Crippen LogP contribution in [0.1, 0.15) is 123 Å². The third kappa shape index (κ3) is 10.4. The molecule has 18 heteroatoms. The number of nitrogens with two attached hydrogens (primary N) is 1. The molecule has 0 bridgehead atoms. The summed E-state index contributed by atoms with van der Waals surface area (Å²) in [6, 6.07) is 9.51. The van der Waals surface area contributed by atoms with Crippen LogP contribution in [0.3, 0.4) is 0 Å². The smallest absolute Gasteiger partial charge is 0.399 e. The lowest BCUT2D eigenvalue weighted by Gasteiger charge is -2.47. The number of likely N-dealkylation sites (tertiary alicyclic amines) is 1. The number of hydrogen-bond acceptors (Lipinski definition) is 10. The molecule has 1 spiro atoms. The first-order valence-corrected chi connectivity index (χ1v) is 24.5. The first-order chi connectivity index (χ1) is 32.5. The van der Waals surface area contributed by atoms with Crippen molar-refractivity contribution in [2.24, 2.45) is 17.3 Å². The molecule has 68 heavy (non-hydrogen) atoms. The second kappa shape index (κ2) is 19.4. The molecule has 4 aromatic rings. The van der Waals surface area contributed by atoms with E-state index in [1.165, 1.54) is 23.8 Å². The highest BCUT2D eigenvalue weighted by atomic mass is 35.5. The topological polar surface area (TPSA) is 170 Å². The summed E-state index contributed by atoms with van der Waals surface area (Å²) in [7, 11) is 0. The number of nitrogen functional groups attached to an aromatic ring is 1. The molecule has 362 valence electrons. The van der Waals surface area contributed by atoms with E-state index in [0.29, 0.717) is 58.0 Å². The van der Waals surface area contributed by atoms with Crippen molar-refractivity contribution in [3.63, 3.8) is 0 Å². The van der Waals surface area contributed by atoms with E-state index in [2.05, 4.69) is 30.4 Å². The molecule has 3 aliphatic heterocycles. The number of amides is 5. The van der Waals surface area contributed by atoms with Gasteiger partial charge in [0.25, 0.3) is 5.91 Å². The zero-order valence-corrected chi connectivity index (χ0v) is 39.5. The van der Waals surface area contributed by atoms with Gasteiger partial charge in [0.15, 0.2) is 0 Å². The summed E-state index contributed by atoms with van der Waals surface area (Å²) in [5.74, 6) is 1.65. The number of aryl methyl sites for hydroxylation is 1. The fraction of sp³-hybridized carbons (Fsp3) is 0.540. The number of nitrogens with one attached hydrogen (secondary N) is 2. The van der Waals surface area contributed by atoms with Crippen LogP contribution in [0.5, 0.6) is 0 Å². The van der Waals surface area contributed by atoms with Crippen molar-refractivity contribution >= 4 is 63.4 Å². The van der Waals surface area contributed by atoms with E-state index in [0.717, 1.165) is 107 Å². The number of halogens is 4. The number of urea groups is 1. The molecule has 5 aliphatic rings. The molecule has 0 unspecified atom stereocenters. The number of alkyl halides is 3. The van der Waals surface area contributed by atoms with Crippen LogP contribution in [0.2, 0.25) is 5.02 Å². The Morgan fingerprint density at radius 3 is 2.31 bits per heavy atom. The molecular formula is C50H60ClF3N10O4. The van der Waals surface area contributed by atoms with E-state index in [9.17, 15) is 32.3 Å². The normalized spacial score (nSPS) is 22.4. The van der Waals surface area contributed by atoms with Gasteiger partial charge < -0.3 is 20.9 Å². The van der Waals surface area contributed by atoms with E-state index in [1.807, 2.05) is 11.0 Å². The van der Waals surface area contributed by atoms with E-state index < -0.39 is 23.8 Å². The molecule has 5 heterocycles. The molecule has 9 rings (SSSR count). The molecule has 5 amide bonds. The predicted octanol–water partition coefficient (Wildman–Crippen LogP) is 8.74. The molecule has 0 radical (unpaired) electrons. The summed E-state index contributed by atoms with van der Waals surface area (Å²) in [5, 5.41) is 6.72. The number of hydrogen-bond donors (Lipinski definition) is 3. The molecule has 14 nitrogen and oxygen atoms in total. The zero-order valence-electron chi connectivity index (χ0n) is 38.7. The summed E-state index contributed by atoms with van der Waals surface area (Å²) in [6.45, 7) is 9.44. The van der Waals surface area contributed by atoms with E-state index in [4.69, 9.17) is 22.3 Å². The number of benzene rings is 2. The Kier molecular flexibility index (Phi) is 13.6. The first-order valence-electron chi connectivity index (χ1n) is 24.1. The minimum absolute atomic E-state index is 0.0158. The summed E-state index contributed by atoms with van der Waals surface area (Å²) in [6.07, 6.45) is 7.23. The fourth-order valence-electron chi connectivity index (χ4n) is 11.3. The first kappa shape index (κ1) is 47.5. The Morgan fingerprint density at radius 1 is 0.897 bits per heavy atom. The molecule has 3 saturated heterocycles. The lowest BCUT2D eigenvalue weighted by Crippen LogP contribution is -2.52. The molecule has 2 saturated carbocycles. The van der Waals surface area contributed by atoms with Crippen molar-refractivity contribution in [3.05, 3.63) is 81.9 Å². The van der Waals surface area contributed by atoms with Gasteiger partial charge >= 0.3 is 12.2 Å². The maximum absolute atomic E-state index is 13.8. The maximum Gasteiger partial charge on any atom is 0.416 e. The minimum Gasteiger partial charge on any atom is -0.399 e. The molecule has 2 aliphatic carbocycles. The molecule has 5 fully saturated rings. The van der Waals surface area contributed by atoms with Gasteiger partial charge in [-0.15, -0.1) is 0 Å². The van der Waals surface area contributed by atoms with Gasteiger partial charge in [-0.2, -0.15) is 13.2 Å². The Morgan fingerprint density at radius 2 is 1.62 bits per heavy atom. The summed E-state index contributed by atoms with van der Waals surface area (Å²) in [4.78, 5) is 73.6. The second-order valence-corrected chi connectivity index (χ2v) is 20.2. The third-order valence-electron chi connectivity index (χ3n) is 15.4. The number of rotatable bonds is 9. The number of piperidine rings is 1. The zero-order chi connectivity index (χ0) is 47.9. The number of carbonyl (C=O) groups is 4. The van der Waals surface area contributed by atoms with Gasteiger partial charge in [0, 0.05) is 92.9 Å². The number of anilines is 3. The lowest BCUT2D eigenvalue weighted by molar-refractivity contribution is -0.139. The van der Waals surface area contributed by atoms with Crippen molar-refractivity contribution in [1.29, 1.82) is 0 Å². The quantitative estimate of drug-likeness (QED) is 0.138. The number of nitrogens with zero attached hydrogens (tertiary/aromatic N) is 7. The van der Waals surface area contributed by atoms with Crippen LogP contribution in [0, 0.1) is 24.2 Å². The Labute approximate surface area is 399 Å². The van der Waals surface area contributed by atoms with Gasteiger partial charge in [-0.1, -0.05) is 11.6 Å². The summed E-state index contributed by atoms with van der Waals surface area (Å²) in [5.41, 5.74) is 8.20. The maximum atomic E-state index is 13.8. The van der Waals surface area contributed by atoms with Crippen LogP contribution >= 0.6 is 11.6 Å². The van der Waals surface area contributed by atoms with Gasteiger partial charge in [0.2, 0.25) is 11.8 Å². The Balaban J connectivity index is 0.717. The molecular weight excluding hydrogens is 897 g/mol. The summed E-state index contributed by atoms with van der Waals surface area (Å²) >= 11 is 6.44. The second-order valence-electron chi connectivity index (χ2n) is 19.8. The van der Waals surface area contributed by atoms with Crippen molar-refractivity contribution < 1.29 is 32.3 Å². The van der Waals surface area contributed by atoms with Gasteiger partial charge in [-0.25, -0.2) is 14.8 Å². The fourth-order valence-corrected chi connectivity index (χ4v) is 11.5. The lowest BCUT2D eigenvalue weighted by atomic mass is 9.65. The van der Waals surface area contributed by atoms with E-state index >= 15 is 0 Å². The van der Waals surface area contributed by atoms with Crippen LogP contribution in [-0.4, -0.2) is 106 Å². The van der Waals surface area contributed by atoms with Crippen LogP contribution in [0.4, 0.5) is 35.2 Å². The number of imide groups is 1. The molecule has 4 N–H and O–H groups in total. The van der Waals surface area contributed by atoms with Gasteiger partial charge in [-0.05, 0) is 137 Å². The Hall–Kier alpha value is -5.55. The van der Waals surface area contributed by atoms with Crippen molar-refractivity contribution in [2.75, 3.05) is 68.3 Å². The Bertz CT molecular complexity index is 2560. The average Bonchev–Trinajstić information content (AvgIpc) is 3.32. The highest BCUT2D eigenvalue weighted by Gasteiger charge is 2.40. The predicted molar refractivity (Wildman–Crippen MR) is 254 cm³/mol. The van der Waals surface area contributed by atoms with Crippen LogP contribution in [-0.2, 0) is 15.8 Å². The SMILES string of the molecule is Cc1nc(N[C@H](C)c2cc(N)cc(C(F)(F)F)c2)c2cc([C@H]3CC[C@H](C(=O)N4CCN(CC5CCC6(CC5)CCN(C(=O)c5ccc(Cl)c(N7CCC(=O)NC7=O)c5)CC6)CC4)CC3)ncc2n1. The van der Waals surface area contributed by atoms with Crippen LogP contribution in [0.15, 0.2) is 48.7 Å². The van der Waals surface area contributed by atoms with Gasteiger partial charge in [-0.3, -0.25) is 34.5 Å². The largest absolute Gasteiger partial charge is 0.416 e. The van der Waals surface area contributed by atoms with Crippen LogP contribution in [0.25, 0.3) is 10.9 Å². The number of piperazine rings is 1. The molecule has 1 atom stereocenters. The van der Waals surface area contributed by atoms with Crippen LogP contribution < -0.4 is 21.3 Å². The van der Waals surface area contributed by atoms with Crippen molar-refractivity contribution in [1.82, 2.24) is 35.0 Å². The highest BCUT2D eigenvalue weighted by molar-refractivity contribution is 6.34. The standard InChI is InChI=1S/C50H60ClF3N10O4/c1-30(36-23-37(50(52,53)54)26-38(55)24-36)57-45-39-27-41(56-28-42(39)58-31(2)59-45)33-3-5-34(6-4-33)46(66)63-21-19-61(20-22-63)29-32-9-12-49(13-10-32)14-17-62(18-15-49)47(67)35-7-8-40(51)43(25-35)64-16-11-44(65)60-48(64)68/h7-8,23-28,30,32-34H,3-6,9-22,29,55H2,1-2H3,(H,57,58,59)(H,60,65,68)/t30-,33-,34-/m1/s1. The number of pyridine rings is 1. The number of fused-ring (bicyclic) bond motifs is 1. The minimum atomic E-state index is -4.52. The highest BCUT2D eigenvalue weighted by Crippen LogP contribution is 2.47. The van der Waals surface area contributed by atoms with Crippen molar-refractivity contribution in [2.45, 2.75) is 103 Å². The molecule has 2 aromatic heterocycles. The average molecular weight is 958 g/mol. The molecule has 2 aromatic carbocycles. The third-order valence-corrected chi connectivity index (χ3v) is 15.7. The number of carbonyl (C=O) groups excluding carboxylic acids is 4. The monoisotopic (exact) mass is 956 g/mol. The van der Waals surface area contributed by atoms with E-state index in [-0.39, 0.29) is 53.6 Å². The van der Waals surface area contributed by atoms with Crippen molar-refractivity contribution in [3.8, 4) is 0 Å².